The van der Waals surface area contributed by atoms with Crippen molar-refractivity contribution in [3.05, 3.63) is 47.8 Å². The molecule has 3 aromatic heterocycles. The van der Waals surface area contributed by atoms with Crippen molar-refractivity contribution in [2.75, 3.05) is 11.9 Å². The molecule has 0 aliphatic carbocycles. The molecule has 3 heterocycles. The van der Waals surface area contributed by atoms with Gasteiger partial charge in [-0.2, -0.15) is 15.6 Å². The van der Waals surface area contributed by atoms with Gasteiger partial charge in [0.1, 0.15) is 23.8 Å². The van der Waals surface area contributed by atoms with Gasteiger partial charge in [-0.1, -0.05) is 0 Å². The Bertz CT molecular complexity index is 1130. The zero-order valence-electron chi connectivity index (χ0n) is 15.7. The molecule has 0 aliphatic rings. The van der Waals surface area contributed by atoms with Gasteiger partial charge in [-0.15, -0.1) is 0 Å². The second-order valence-electron chi connectivity index (χ2n) is 7.04. The van der Waals surface area contributed by atoms with Crippen molar-refractivity contribution in [1.82, 2.24) is 14.6 Å². The minimum absolute atomic E-state index is 0.0257. The van der Waals surface area contributed by atoms with E-state index in [2.05, 4.69) is 21.5 Å². The van der Waals surface area contributed by atoms with E-state index in [4.69, 9.17) is 15.3 Å². The van der Waals surface area contributed by atoms with Crippen LogP contribution in [-0.2, 0) is 4.74 Å². The number of ether oxygens (including phenoxy) is 1. The monoisotopic (exact) mass is 374 g/mol. The number of rotatable bonds is 4. The SMILES string of the molecule is CC(C)(C)OC(=O)c1cnc(-c2ccc3cc(C#N)cnn23)cc1NCC#N. The van der Waals surface area contributed by atoms with Crippen molar-refractivity contribution in [3.8, 4) is 23.5 Å². The van der Waals surface area contributed by atoms with Crippen molar-refractivity contribution in [2.45, 2.75) is 26.4 Å². The molecule has 3 rings (SSSR count). The Morgan fingerprint density at radius 2 is 2.04 bits per heavy atom. The van der Waals surface area contributed by atoms with Crippen LogP contribution in [0, 0.1) is 22.7 Å². The van der Waals surface area contributed by atoms with Gasteiger partial charge >= 0.3 is 5.97 Å². The van der Waals surface area contributed by atoms with Crippen LogP contribution in [0.1, 0.15) is 36.7 Å². The van der Waals surface area contributed by atoms with Crippen molar-refractivity contribution >= 4 is 17.2 Å². The Labute approximate surface area is 162 Å². The number of hydrogen-bond acceptors (Lipinski definition) is 7. The minimum Gasteiger partial charge on any atom is -0.456 e. The Kier molecular flexibility index (Phi) is 4.97. The molecule has 0 amide bonds. The molecule has 0 fully saturated rings. The maximum absolute atomic E-state index is 12.5. The van der Waals surface area contributed by atoms with Crippen LogP contribution in [0.2, 0.25) is 0 Å². The topological polar surface area (TPSA) is 116 Å². The van der Waals surface area contributed by atoms with E-state index in [1.807, 2.05) is 18.2 Å². The molecule has 0 aromatic carbocycles. The lowest BCUT2D eigenvalue weighted by atomic mass is 10.1. The molecule has 8 heteroatoms. The molecule has 8 nitrogen and oxygen atoms in total. The Hall–Kier alpha value is -3.91. The van der Waals surface area contributed by atoms with Crippen LogP contribution < -0.4 is 5.32 Å². The first-order valence-corrected chi connectivity index (χ1v) is 8.55. The first-order chi connectivity index (χ1) is 13.3. The second-order valence-corrected chi connectivity index (χ2v) is 7.04. The van der Waals surface area contributed by atoms with E-state index >= 15 is 0 Å². The standard InChI is InChI=1S/C20H18N6O2/c1-20(2,3)28-19(27)15-12-24-17(9-16(15)23-7-6-21)18-5-4-14-8-13(10-22)11-25-26(14)18/h4-5,8-9,11-12H,7H2,1-3H3,(H,23,24). The molecule has 0 aliphatic heterocycles. The predicted octanol–water partition coefficient (Wildman–Crippen LogP) is 3.16. The summed E-state index contributed by atoms with van der Waals surface area (Å²) in [6.45, 7) is 5.37. The van der Waals surface area contributed by atoms with E-state index in [-0.39, 0.29) is 12.1 Å². The average molecular weight is 374 g/mol. The smallest absolute Gasteiger partial charge is 0.342 e. The summed E-state index contributed by atoms with van der Waals surface area (Å²) in [5, 5.41) is 25.1. The molecule has 0 radical (unpaired) electrons. The van der Waals surface area contributed by atoms with Crippen molar-refractivity contribution in [1.29, 1.82) is 10.5 Å². The minimum atomic E-state index is -0.650. The molecule has 28 heavy (non-hydrogen) atoms. The molecule has 0 saturated carbocycles. The van der Waals surface area contributed by atoms with Gasteiger partial charge in [-0.25, -0.2) is 9.31 Å². The molecule has 0 bridgehead atoms. The fourth-order valence-corrected chi connectivity index (χ4v) is 2.63. The molecule has 0 saturated heterocycles. The van der Waals surface area contributed by atoms with Crippen LogP contribution in [0.25, 0.3) is 16.9 Å². The highest BCUT2D eigenvalue weighted by Crippen LogP contribution is 2.26. The highest BCUT2D eigenvalue weighted by atomic mass is 16.6. The molecule has 3 aromatic rings. The third-order valence-corrected chi connectivity index (χ3v) is 3.77. The summed E-state index contributed by atoms with van der Waals surface area (Å²) in [6.07, 6.45) is 2.90. The molecule has 0 spiro atoms. The van der Waals surface area contributed by atoms with Gasteiger partial charge < -0.3 is 10.1 Å². The van der Waals surface area contributed by atoms with Gasteiger partial charge in [0.05, 0.1) is 40.4 Å². The summed E-state index contributed by atoms with van der Waals surface area (Å²) in [7, 11) is 0. The second kappa shape index (κ2) is 7.37. The number of carbonyl (C=O) groups excluding carboxylic acids is 1. The zero-order chi connectivity index (χ0) is 20.3. The third-order valence-electron chi connectivity index (χ3n) is 3.77. The van der Waals surface area contributed by atoms with Crippen molar-refractivity contribution in [3.63, 3.8) is 0 Å². The number of hydrogen-bond donors (Lipinski definition) is 1. The number of aromatic nitrogens is 3. The van der Waals surface area contributed by atoms with Crippen LogP contribution >= 0.6 is 0 Å². The first kappa shape index (κ1) is 18.9. The number of fused-ring (bicyclic) bond motifs is 1. The predicted molar refractivity (Wildman–Crippen MR) is 102 cm³/mol. The largest absolute Gasteiger partial charge is 0.456 e. The van der Waals surface area contributed by atoms with E-state index in [1.165, 1.54) is 12.4 Å². The summed E-state index contributed by atoms with van der Waals surface area (Å²) in [5.41, 5.74) is 2.50. The molecular formula is C20H18N6O2. The lowest BCUT2D eigenvalue weighted by molar-refractivity contribution is 0.00703. The number of anilines is 1. The maximum Gasteiger partial charge on any atom is 0.342 e. The van der Waals surface area contributed by atoms with Crippen molar-refractivity contribution in [2.24, 2.45) is 0 Å². The molecule has 0 atom stereocenters. The highest BCUT2D eigenvalue weighted by molar-refractivity contribution is 5.96. The first-order valence-electron chi connectivity index (χ1n) is 8.55. The molecule has 1 N–H and O–H groups in total. The van der Waals surface area contributed by atoms with Gasteiger partial charge in [0.25, 0.3) is 0 Å². The van der Waals surface area contributed by atoms with Crippen LogP contribution in [0.15, 0.2) is 36.7 Å². The zero-order valence-corrected chi connectivity index (χ0v) is 15.7. The van der Waals surface area contributed by atoms with E-state index < -0.39 is 11.6 Å². The molecule has 0 unspecified atom stereocenters. The van der Waals surface area contributed by atoms with Crippen LogP contribution in [0.4, 0.5) is 5.69 Å². The average Bonchev–Trinajstić information content (AvgIpc) is 3.07. The van der Waals surface area contributed by atoms with Crippen LogP contribution in [-0.4, -0.2) is 32.7 Å². The summed E-state index contributed by atoms with van der Waals surface area (Å²) < 4.78 is 7.08. The molecule has 140 valence electrons. The van der Waals surface area contributed by atoms with Gasteiger partial charge in [-0.05, 0) is 45.0 Å². The van der Waals surface area contributed by atoms with E-state index in [0.717, 1.165) is 5.52 Å². The van der Waals surface area contributed by atoms with Gasteiger partial charge in [0.2, 0.25) is 0 Å². The quantitative estimate of drug-likeness (QED) is 0.551. The van der Waals surface area contributed by atoms with Gasteiger partial charge in [-0.3, -0.25) is 4.98 Å². The van der Waals surface area contributed by atoms with Gasteiger partial charge in [0, 0.05) is 6.20 Å². The van der Waals surface area contributed by atoms with E-state index in [9.17, 15) is 4.79 Å². The number of esters is 1. The summed E-state index contributed by atoms with van der Waals surface area (Å²) in [4.78, 5) is 16.9. The van der Waals surface area contributed by atoms with Crippen molar-refractivity contribution < 1.29 is 9.53 Å². The Morgan fingerprint density at radius 3 is 2.71 bits per heavy atom. The number of nitriles is 2. The van der Waals surface area contributed by atoms with Crippen LogP contribution in [0.3, 0.4) is 0 Å². The summed E-state index contributed by atoms with van der Waals surface area (Å²) in [6, 6.07) is 11.1. The molecular weight excluding hydrogens is 356 g/mol. The maximum atomic E-state index is 12.5. The van der Waals surface area contributed by atoms with E-state index in [0.29, 0.717) is 22.6 Å². The number of nitrogens with one attached hydrogen (secondary N) is 1. The normalized spacial score (nSPS) is 10.9. The lowest BCUT2D eigenvalue weighted by Gasteiger charge is -2.20. The fourth-order valence-electron chi connectivity index (χ4n) is 2.63. The number of carbonyl (C=O) groups is 1. The third kappa shape index (κ3) is 3.92. The fraction of sp³-hybridized carbons (Fsp3) is 0.250. The number of nitrogens with zero attached hydrogens (tertiary/aromatic N) is 5. The van der Waals surface area contributed by atoms with Gasteiger partial charge in [0.15, 0.2) is 0 Å². The Balaban J connectivity index is 2.05. The summed E-state index contributed by atoms with van der Waals surface area (Å²) >= 11 is 0. The van der Waals surface area contributed by atoms with E-state index in [1.54, 1.807) is 37.4 Å². The Morgan fingerprint density at radius 1 is 1.25 bits per heavy atom. The summed E-state index contributed by atoms with van der Waals surface area (Å²) in [5.74, 6) is -0.524. The van der Waals surface area contributed by atoms with Crippen LogP contribution in [0.5, 0.6) is 0 Å². The lowest BCUT2D eigenvalue weighted by Crippen LogP contribution is -2.24. The highest BCUT2D eigenvalue weighted by Gasteiger charge is 2.22. The number of pyridine rings is 1.